The molecule has 0 radical (unpaired) electrons. The maximum absolute atomic E-state index is 12.7. The minimum atomic E-state index is -0.534. The van der Waals surface area contributed by atoms with Crippen LogP contribution in [0.3, 0.4) is 0 Å². The fourth-order valence-corrected chi connectivity index (χ4v) is 3.82. The average molecular weight is 309 g/mol. The van der Waals surface area contributed by atoms with Gasteiger partial charge in [-0.3, -0.25) is 14.9 Å². The lowest BCUT2D eigenvalue weighted by molar-refractivity contribution is -0.385. The van der Waals surface area contributed by atoms with Crippen LogP contribution in [-0.2, 0) is 0 Å². The molecule has 112 valence electrons. The maximum atomic E-state index is 12.7. The number of rotatable bonds is 2. The molecule has 1 aromatic rings. The lowest BCUT2D eigenvalue weighted by Crippen LogP contribution is -2.39. The van der Waals surface area contributed by atoms with Crippen LogP contribution in [0.25, 0.3) is 0 Å². The summed E-state index contributed by atoms with van der Waals surface area (Å²) in [6.45, 7) is 0.702. The molecule has 0 N–H and O–H groups in total. The Balaban J connectivity index is 1.90. The molecule has 2 fully saturated rings. The van der Waals surface area contributed by atoms with Crippen LogP contribution in [0.15, 0.2) is 18.2 Å². The second-order valence-electron chi connectivity index (χ2n) is 5.82. The number of carbonyl (C=O) groups excluding carboxylic acids is 1. The number of nitro benzene ring substituents is 1. The van der Waals surface area contributed by atoms with Crippen LogP contribution in [0.2, 0.25) is 5.02 Å². The Morgan fingerprint density at radius 2 is 2.05 bits per heavy atom. The number of nitro groups is 1. The molecule has 1 heterocycles. The second-order valence-corrected chi connectivity index (χ2v) is 6.25. The summed E-state index contributed by atoms with van der Waals surface area (Å²) in [4.78, 5) is 25.2. The van der Waals surface area contributed by atoms with Gasteiger partial charge < -0.3 is 4.90 Å². The van der Waals surface area contributed by atoms with Crippen molar-refractivity contribution in [2.24, 2.45) is 5.92 Å². The van der Waals surface area contributed by atoms with E-state index in [1.807, 2.05) is 4.90 Å². The van der Waals surface area contributed by atoms with Gasteiger partial charge in [0.1, 0.15) is 5.56 Å². The summed E-state index contributed by atoms with van der Waals surface area (Å²) >= 11 is 5.81. The highest BCUT2D eigenvalue weighted by Crippen LogP contribution is 2.37. The summed E-state index contributed by atoms with van der Waals surface area (Å²) in [6.07, 6.45) is 5.55. The minimum Gasteiger partial charge on any atom is -0.335 e. The van der Waals surface area contributed by atoms with Crippen molar-refractivity contribution < 1.29 is 9.72 Å². The molecular weight excluding hydrogens is 292 g/mol. The van der Waals surface area contributed by atoms with Crippen LogP contribution in [0.5, 0.6) is 0 Å². The van der Waals surface area contributed by atoms with Crippen molar-refractivity contribution in [1.82, 2.24) is 4.90 Å². The third-order valence-corrected chi connectivity index (χ3v) is 4.89. The van der Waals surface area contributed by atoms with E-state index in [0.717, 1.165) is 25.7 Å². The average Bonchev–Trinajstić information content (AvgIpc) is 2.90. The van der Waals surface area contributed by atoms with E-state index in [4.69, 9.17) is 11.6 Å². The number of benzene rings is 1. The Morgan fingerprint density at radius 3 is 2.81 bits per heavy atom. The zero-order valence-corrected chi connectivity index (χ0v) is 12.4. The summed E-state index contributed by atoms with van der Waals surface area (Å²) in [6, 6.07) is 4.51. The smallest absolute Gasteiger partial charge is 0.283 e. The molecule has 1 aliphatic carbocycles. The summed E-state index contributed by atoms with van der Waals surface area (Å²) in [5, 5.41) is 11.4. The number of carbonyl (C=O) groups is 1. The monoisotopic (exact) mass is 308 g/mol. The van der Waals surface area contributed by atoms with Gasteiger partial charge in [-0.15, -0.1) is 0 Å². The molecule has 5 nitrogen and oxygen atoms in total. The van der Waals surface area contributed by atoms with Crippen molar-refractivity contribution in [2.45, 2.75) is 38.1 Å². The van der Waals surface area contributed by atoms with Crippen LogP contribution in [0.4, 0.5) is 5.69 Å². The zero-order chi connectivity index (χ0) is 15.0. The Kier molecular flexibility index (Phi) is 3.85. The van der Waals surface area contributed by atoms with Crippen molar-refractivity contribution in [3.05, 3.63) is 38.9 Å². The van der Waals surface area contributed by atoms with Crippen LogP contribution in [-0.4, -0.2) is 28.3 Å². The fraction of sp³-hybridized carbons (Fsp3) is 0.533. The number of hydrogen-bond donors (Lipinski definition) is 0. The predicted molar refractivity (Wildman–Crippen MR) is 79.5 cm³/mol. The molecule has 2 atom stereocenters. The van der Waals surface area contributed by atoms with Crippen molar-refractivity contribution in [1.29, 1.82) is 0 Å². The Labute approximate surface area is 128 Å². The van der Waals surface area contributed by atoms with E-state index >= 15 is 0 Å². The van der Waals surface area contributed by atoms with E-state index < -0.39 is 4.92 Å². The molecule has 0 spiro atoms. The van der Waals surface area contributed by atoms with E-state index in [2.05, 4.69) is 0 Å². The van der Waals surface area contributed by atoms with E-state index in [9.17, 15) is 14.9 Å². The summed E-state index contributed by atoms with van der Waals surface area (Å²) in [5.74, 6) is 0.335. The highest BCUT2D eigenvalue weighted by atomic mass is 35.5. The number of fused-ring (bicyclic) bond motifs is 1. The normalized spacial score (nSPS) is 24.7. The third kappa shape index (κ3) is 2.62. The molecule has 3 rings (SSSR count). The van der Waals surface area contributed by atoms with Gasteiger partial charge in [0.15, 0.2) is 0 Å². The van der Waals surface area contributed by atoms with E-state index in [1.54, 1.807) is 0 Å². The van der Waals surface area contributed by atoms with Crippen molar-refractivity contribution in [3.8, 4) is 0 Å². The molecule has 1 aliphatic heterocycles. The Morgan fingerprint density at radius 1 is 1.29 bits per heavy atom. The van der Waals surface area contributed by atoms with Gasteiger partial charge in [0.05, 0.1) is 4.92 Å². The highest BCUT2D eigenvalue weighted by Gasteiger charge is 2.39. The van der Waals surface area contributed by atoms with Gasteiger partial charge in [-0.25, -0.2) is 0 Å². The molecule has 2 unspecified atom stereocenters. The van der Waals surface area contributed by atoms with Crippen molar-refractivity contribution in [2.75, 3.05) is 6.54 Å². The van der Waals surface area contributed by atoms with Crippen LogP contribution >= 0.6 is 11.6 Å². The molecule has 0 aromatic heterocycles. The summed E-state index contributed by atoms with van der Waals surface area (Å²) in [5.41, 5.74) is -0.0533. The summed E-state index contributed by atoms with van der Waals surface area (Å²) in [7, 11) is 0. The van der Waals surface area contributed by atoms with Crippen molar-refractivity contribution >= 4 is 23.2 Å². The zero-order valence-electron chi connectivity index (χ0n) is 11.6. The lowest BCUT2D eigenvalue weighted by Gasteiger charge is -2.31. The van der Waals surface area contributed by atoms with Gasteiger partial charge in [0.2, 0.25) is 0 Å². The van der Waals surface area contributed by atoms with Crippen LogP contribution in [0, 0.1) is 16.0 Å². The Bertz CT molecular complexity index is 590. The second kappa shape index (κ2) is 5.64. The number of amides is 1. The lowest BCUT2D eigenvalue weighted by atomic mass is 9.85. The first-order valence-corrected chi connectivity index (χ1v) is 7.70. The van der Waals surface area contributed by atoms with Gasteiger partial charge in [0, 0.05) is 23.7 Å². The van der Waals surface area contributed by atoms with Gasteiger partial charge in [-0.05, 0) is 37.3 Å². The quantitative estimate of drug-likeness (QED) is 0.619. The molecule has 21 heavy (non-hydrogen) atoms. The topological polar surface area (TPSA) is 63.4 Å². The first-order chi connectivity index (χ1) is 10.1. The minimum absolute atomic E-state index is 0.149. The largest absolute Gasteiger partial charge is 0.335 e. The predicted octanol–water partition coefficient (Wildman–Crippen LogP) is 3.65. The molecule has 0 bridgehead atoms. The van der Waals surface area contributed by atoms with Gasteiger partial charge in [0.25, 0.3) is 11.6 Å². The van der Waals surface area contributed by atoms with Crippen LogP contribution < -0.4 is 0 Å². The third-order valence-electron chi connectivity index (χ3n) is 4.66. The van der Waals surface area contributed by atoms with Crippen molar-refractivity contribution in [3.63, 3.8) is 0 Å². The van der Waals surface area contributed by atoms with Crippen LogP contribution in [0.1, 0.15) is 42.5 Å². The first-order valence-electron chi connectivity index (χ1n) is 7.33. The van der Waals surface area contributed by atoms with Gasteiger partial charge in [-0.1, -0.05) is 24.4 Å². The van der Waals surface area contributed by atoms with Gasteiger partial charge >= 0.3 is 0 Å². The maximum Gasteiger partial charge on any atom is 0.283 e. The molecule has 1 aromatic carbocycles. The molecule has 1 saturated heterocycles. The number of halogens is 1. The Hall–Kier alpha value is -1.62. The van der Waals surface area contributed by atoms with E-state index in [-0.39, 0.29) is 28.2 Å². The molecule has 2 aliphatic rings. The molecule has 1 saturated carbocycles. The van der Waals surface area contributed by atoms with E-state index in [1.165, 1.54) is 24.6 Å². The van der Waals surface area contributed by atoms with E-state index in [0.29, 0.717) is 12.5 Å². The standard InChI is InChI=1S/C15H17ClN2O3/c16-11-5-6-12(14(9-11)18(20)21)15(19)17-8-7-10-3-1-2-4-13(10)17/h5-6,9-10,13H,1-4,7-8H2. The fourth-order valence-electron chi connectivity index (χ4n) is 3.65. The molecule has 6 heteroatoms. The first kappa shape index (κ1) is 14.3. The molecule has 1 amide bonds. The SMILES string of the molecule is O=C(c1ccc(Cl)cc1[N+](=O)[O-])N1CCC2CCCCC21. The number of nitrogens with zero attached hydrogens (tertiary/aromatic N) is 2. The number of likely N-dealkylation sites (tertiary alicyclic amines) is 1. The summed E-state index contributed by atoms with van der Waals surface area (Å²) < 4.78 is 0. The van der Waals surface area contributed by atoms with Gasteiger partial charge in [-0.2, -0.15) is 0 Å². The highest BCUT2D eigenvalue weighted by molar-refractivity contribution is 6.31. The number of hydrogen-bond acceptors (Lipinski definition) is 3. The molecular formula is C15H17ClN2O3.